The topological polar surface area (TPSA) is 59.5 Å². The second kappa shape index (κ2) is 7.68. The van der Waals surface area contributed by atoms with Crippen molar-refractivity contribution < 1.29 is 4.74 Å². The van der Waals surface area contributed by atoms with Gasteiger partial charge in [-0.2, -0.15) is 5.10 Å². The summed E-state index contributed by atoms with van der Waals surface area (Å²) in [5.74, 6) is 1.53. The Morgan fingerprint density at radius 3 is 2.31 bits per heavy atom. The number of rotatable bonds is 5. The number of piperazine rings is 1. The Hall–Kier alpha value is -2.05. The quantitative estimate of drug-likeness (QED) is 0.890. The lowest BCUT2D eigenvalue weighted by atomic mass is 9.92. The molecular formula is C20H31N5O. The number of hydrogen-bond acceptors (Lipinski definition) is 5. The standard InChI is InChI=1S/C20H31N5O/c1-20(2,3)18-15-19(21)25(22-18)16-5-7-17(8-6-16)26-14-13-24-11-9-23(4)10-12-24/h5-8,15H,9-14,21H2,1-4H3. The summed E-state index contributed by atoms with van der Waals surface area (Å²) in [6.45, 7) is 12.6. The molecule has 2 heterocycles. The first-order chi connectivity index (χ1) is 12.3. The maximum Gasteiger partial charge on any atom is 0.127 e. The molecule has 0 saturated carbocycles. The largest absolute Gasteiger partial charge is 0.492 e. The Labute approximate surface area is 156 Å². The second-order valence-electron chi connectivity index (χ2n) is 8.10. The van der Waals surface area contributed by atoms with Gasteiger partial charge in [-0.05, 0) is 31.3 Å². The number of nitrogens with zero attached hydrogens (tertiary/aromatic N) is 4. The molecule has 0 unspecified atom stereocenters. The second-order valence-corrected chi connectivity index (χ2v) is 8.10. The molecule has 0 aliphatic carbocycles. The number of hydrogen-bond donors (Lipinski definition) is 1. The van der Waals surface area contributed by atoms with Gasteiger partial charge in [0.1, 0.15) is 18.2 Å². The van der Waals surface area contributed by atoms with E-state index >= 15 is 0 Å². The van der Waals surface area contributed by atoms with Crippen LogP contribution in [-0.2, 0) is 5.41 Å². The van der Waals surface area contributed by atoms with E-state index in [0.29, 0.717) is 12.4 Å². The number of nitrogen functional groups attached to an aromatic ring is 1. The van der Waals surface area contributed by atoms with Crippen LogP contribution < -0.4 is 10.5 Å². The molecule has 6 nitrogen and oxygen atoms in total. The van der Waals surface area contributed by atoms with E-state index < -0.39 is 0 Å². The molecule has 1 aromatic carbocycles. The van der Waals surface area contributed by atoms with E-state index in [-0.39, 0.29) is 5.41 Å². The highest BCUT2D eigenvalue weighted by Gasteiger charge is 2.19. The minimum absolute atomic E-state index is 0.0221. The summed E-state index contributed by atoms with van der Waals surface area (Å²) in [6, 6.07) is 9.91. The van der Waals surface area contributed by atoms with Gasteiger partial charge in [0.05, 0.1) is 11.4 Å². The number of nitrogens with two attached hydrogens (primary N) is 1. The maximum absolute atomic E-state index is 6.14. The van der Waals surface area contributed by atoms with E-state index in [2.05, 4.69) is 42.7 Å². The average Bonchev–Trinajstić information content (AvgIpc) is 2.99. The van der Waals surface area contributed by atoms with Crippen molar-refractivity contribution in [2.24, 2.45) is 0 Å². The van der Waals surface area contributed by atoms with E-state index in [0.717, 1.165) is 49.9 Å². The van der Waals surface area contributed by atoms with Crippen molar-refractivity contribution in [3.8, 4) is 11.4 Å². The minimum atomic E-state index is -0.0221. The van der Waals surface area contributed by atoms with Crippen LogP contribution in [0.4, 0.5) is 5.82 Å². The van der Waals surface area contributed by atoms with Crippen molar-refractivity contribution in [3.63, 3.8) is 0 Å². The molecule has 1 saturated heterocycles. The van der Waals surface area contributed by atoms with Gasteiger partial charge in [0.2, 0.25) is 0 Å². The smallest absolute Gasteiger partial charge is 0.127 e. The van der Waals surface area contributed by atoms with Gasteiger partial charge < -0.3 is 15.4 Å². The van der Waals surface area contributed by atoms with Crippen LogP contribution in [0.1, 0.15) is 26.5 Å². The zero-order valence-electron chi connectivity index (χ0n) is 16.4. The Balaban J connectivity index is 1.56. The highest BCUT2D eigenvalue weighted by molar-refractivity contribution is 5.45. The van der Waals surface area contributed by atoms with Gasteiger partial charge in [-0.3, -0.25) is 4.90 Å². The summed E-state index contributed by atoms with van der Waals surface area (Å²) in [4.78, 5) is 4.81. The molecule has 142 valence electrons. The molecule has 0 amide bonds. The lowest BCUT2D eigenvalue weighted by Crippen LogP contribution is -2.45. The van der Waals surface area contributed by atoms with Crippen molar-refractivity contribution >= 4 is 5.82 Å². The molecule has 6 heteroatoms. The zero-order chi connectivity index (χ0) is 18.7. The molecule has 2 aromatic rings. The van der Waals surface area contributed by atoms with E-state index in [1.165, 1.54) is 0 Å². The first kappa shape index (κ1) is 18.7. The molecule has 1 aliphatic heterocycles. The van der Waals surface area contributed by atoms with Gasteiger partial charge in [0.25, 0.3) is 0 Å². The molecule has 1 aromatic heterocycles. The number of ether oxygens (including phenoxy) is 1. The molecule has 1 fully saturated rings. The normalized spacial score (nSPS) is 16.8. The van der Waals surface area contributed by atoms with Gasteiger partial charge >= 0.3 is 0 Å². The van der Waals surface area contributed by atoms with Gasteiger partial charge in [-0.25, -0.2) is 4.68 Å². The van der Waals surface area contributed by atoms with E-state index in [9.17, 15) is 0 Å². The van der Waals surface area contributed by atoms with Crippen molar-refractivity contribution in [3.05, 3.63) is 36.0 Å². The Kier molecular flexibility index (Phi) is 5.53. The molecule has 2 N–H and O–H groups in total. The third-order valence-electron chi connectivity index (χ3n) is 4.86. The summed E-state index contributed by atoms with van der Waals surface area (Å²) in [5, 5.41) is 4.65. The summed E-state index contributed by atoms with van der Waals surface area (Å²) in [6.07, 6.45) is 0. The summed E-state index contributed by atoms with van der Waals surface area (Å²) < 4.78 is 7.69. The van der Waals surface area contributed by atoms with Gasteiger partial charge in [-0.15, -0.1) is 0 Å². The molecule has 0 radical (unpaired) electrons. The molecule has 3 rings (SSSR count). The zero-order valence-corrected chi connectivity index (χ0v) is 16.4. The van der Waals surface area contributed by atoms with Gasteiger partial charge in [-0.1, -0.05) is 20.8 Å². The van der Waals surface area contributed by atoms with Crippen LogP contribution in [0.25, 0.3) is 5.69 Å². The van der Waals surface area contributed by atoms with Crippen LogP contribution in [0.3, 0.4) is 0 Å². The average molecular weight is 358 g/mol. The fourth-order valence-electron chi connectivity index (χ4n) is 3.02. The van der Waals surface area contributed by atoms with Gasteiger partial charge in [0, 0.05) is 44.2 Å². The molecule has 0 spiro atoms. The summed E-state index contributed by atoms with van der Waals surface area (Å²) >= 11 is 0. The predicted octanol–water partition coefficient (Wildman–Crippen LogP) is 2.38. The Morgan fingerprint density at radius 1 is 1.08 bits per heavy atom. The third kappa shape index (κ3) is 4.56. The highest BCUT2D eigenvalue weighted by Crippen LogP contribution is 2.25. The number of anilines is 1. The first-order valence-corrected chi connectivity index (χ1v) is 9.33. The maximum atomic E-state index is 6.14. The lowest BCUT2D eigenvalue weighted by molar-refractivity contribution is 0.134. The Bertz CT molecular complexity index is 709. The van der Waals surface area contributed by atoms with Crippen LogP contribution >= 0.6 is 0 Å². The summed E-state index contributed by atoms with van der Waals surface area (Å²) in [7, 11) is 2.17. The van der Waals surface area contributed by atoms with E-state index in [1.807, 2.05) is 30.3 Å². The molecule has 0 bridgehead atoms. The highest BCUT2D eigenvalue weighted by atomic mass is 16.5. The van der Waals surface area contributed by atoms with Crippen LogP contribution in [0.5, 0.6) is 5.75 Å². The van der Waals surface area contributed by atoms with Gasteiger partial charge in [0.15, 0.2) is 0 Å². The Morgan fingerprint density at radius 2 is 1.73 bits per heavy atom. The molecule has 1 aliphatic rings. The molecule has 0 atom stereocenters. The van der Waals surface area contributed by atoms with E-state index in [4.69, 9.17) is 10.5 Å². The summed E-state index contributed by atoms with van der Waals surface area (Å²) in [5.41, 5.74) is 8.06. The number of aromatic nitrogens is 2. The van der Waals surface area contributed by atoms with Crippen molar-refractivity contribution in [2.75, 3.05) is 52.1 Å². The minimum Gasteiger partial charge on any atom is -0.492 e. The first-order valence-electron chi connectivity index (χ1n) is 9.33. The number of benzene rings is 1. The van der Waals surface area contributed by atoms with Crippen LogP contribution in [0.2, 0.25) is 0 Å². The fraction of sp³-hybridized carbons (Fsp3) is 0.550. The number of likely N-dealkylation sites (N-methyl/N-ethyl adjacent to an activating group) is 1. The van der Waals surface area contributed by atoms with Crippen molar-refractivity contribution in [2.45, 2.75) is 26.2 Å². The van der Waals surface area contributed by atoms with Crippen LogP contribution in [0, 0.1) is 0 Å². The molecular weight excluding hydrogens is 326 g/mol. The van der Waals surface area contributed by atoms with Crippen LogP contribution in [-0.4, -0.2) is 66.0 Å². The fourth-order valence-corrected chi connectivity index (χ4v) is 3.02. The SMILES string of the molecule is CN1CCN(CCOc2ccc(-n3nc(C(C)(C)C)cc3N)cc2)CC1. The van der Waals surface area contributed by atoms with Crippen molar-refractivity contribution in [1.82, 2.24) is 19.6 Å². The lowest BCUT2D eigenvalue weighted by Gasteiger charge is -2.32. The third-order valence-corrected chi connectivity index (χ3v) is 4.86. The molecule has 26 heavy (non-hydrogen) atoms. The van der Waals surface area contributed by atoms with Crippen LogP contribution in [0.15, 0.2) is 30.3 Å². The monoisotopic (exact) mass is 357 g/mol. The van der Waals surface area contributed by atoms with Crippen molar-refractivity contribution in [1.29, 1.82) is 0 Å². The predicted molar refractivity (Wildman–Crippen MR) is 106 cm³/mol. The van der Waals surface area contributed by atoms with E-state index in [1.54, 1.807) is 4.68 Å².